The molecule has 0 amide bonds. The molecule has 108 valence electrons. The summed E-state index contributed by atoms with van der Waals surface area (Å²) in [6.45, 7) is 7.99. The Hall–Kier alpha value is -0.290. The van der Waals surface area contributed by atoms with Crippen LogP contribution in [0.3, 0.4) is 0 Å². The molecule has 1 heterocycles. The summed E-state index contributed by atoms with van der Waals surface area (Å²) in [6.07, 6.45) is -2.76. The molecule has 2 nitrogen and oxygen atoms in total. The second-order valence-corrected chi connectivity index (χ2v) is 5.56. The summed E-state index contributed by atoms with van der Waals surface area (Å²) in [7, 11) is 0. The molecule has 2 unspecified atom stereocenters. The monoisotopic (exact) mass is 266 g/mol. The molecule has 0 aliphatic carbocycles. The van der Waals surface area contributed by atoms with Crippen LogP contribution in [0.2, 0.25) is 0 Å². The van der Waals surface area contributed by atoms with Crippen LogP contribution in [0, 0.1) is 5.92 Å². The van der Waals surface area contributed by atoms with Crippen LogP contribution in [0.15, 0.2) is 0 Å². The highest BCUT2D eigenvalue weighted by molar-refractivity contribution is 4.87. The number of hydrogen-bond donors (Lipinski definition) is 1. The van der Waals surface area contributed by atoms with E-state index < -0.39 is 12.6 Å². The summed E-state index contributed by atoms with van der Waals surface area (Å²) < 4.78 is 37.0. The average molecular weight is 266 g/mol. The van der Waals surface area contributed by atoms with Gasteiger partial charge in [0.25, 0.3) is 0 Å². The third kappa shape index (κ3) is 5.14. The minimum atomic E-state index is -4.05. The Morgan fingerprint density at radius 1 is 1.33 bits per heavy atom. The number of hydrogen-bond acceptors (Lipinski definition) is 2. The largest absolute Gasteiger partial charge is 0.390 e. The van der Waals surface area contributed by atoms with Crippen molar-refractivity contribution in [2.24, 2.45) is 5.92 Å². The Morgan fingerprint density at radius 3 is 2.50 bits per heavy atom. The van der Waals surface area contributed by atoms with Gasteiger partial charge < -0.3 is 5.32 Å². The summed E-state index contributed by atoms with van der Waals surface area (Å²) in [5.41, 5.74) is 0. The number of alkyl halides is 3. The number of nitrogens with one attached hydrogen (secondary N) is 1. The quantitative estimate of drug-likeness (QED) is 0.823. The van der Waals surface area contributed by atoms with E-state index in [9.17, 15) is 13.2 Å². The highest BCUT2D eigenvalue weighted by Gasteiger charge is 2.33. The van der Waals surface area contributed by atoms with Crippen molar-refractivity contribution in [1.82, 2.24) is 10.2 Å². The maximum absolute atomic E-state index is 12.3. The van der Waals surface area contributed by atoms with E-state index in [4.69, 9.17) is 0 Å². The molecule has 1 saturated heterocycles. The first-order chi connectivity index (χ1) is 8.33. The van der Waals surface area contributed by atoms with Gasteiger partial charge in [0.15, 0.2) is 0 Å². The van der Waals surface area contributed by atoms with Crippen LogP contribution in [-0.2, 0) is 0 Å². The van der Waals surface area contributed by atoms with Gasteiger partial charge in [-0.15, -0.1) is 0 Å². The van der Waals surface area contributed by atoms with Crippen LogP contribution < -0.4 is 5.32 Å². The zero-order valence-corrected chi connectivity index (χ0v) is 11.6. The molecule has 1 N–H and O–H groups in total. The molecule has 0 aromatic heterocycles. The van der Waals surface area contributed by atoms with E-state index >= 15 is 0 Å². The first-order valence-corrected chi connectivity index (χ1v) is 6.87. The molecule has 0 aromatic rings. The molecule has 18 heavy (non-hydrogen) atoms. The molecule has 1 fully saturated rings. The van der Waals surface area contributed by atoms with Crippen molar-refractivity contribution in [2.75, 3.05) is 19.6 Å². The Balaban J connectivity index is 2.54. The fourth-order valence-corrected chi connectivity index (χ4v) is 2.49. The van der Waals surface area contributed by atoms with Crippen LogP contribution in [0.25, 0.3) is 0 Å². The van der Waals surface area contributed by atoms with Crippen LogP contribution in [0.5, 0.6) is 0 Å². The van der Waals surface area contributed by atoms with Crippen molar-refractivity contribution in [3.63, 3.8) is 0 Å². The van der Waals surface area contributed by atoms with Gasteiger partial charge in [0, 0.05) is 31.7 Å². The molecule has 0 aromatic carbocycles. The molecular weight excluding hydrogens is 241 g/mol. The predicted octanol–water partition coefficient (Wildman–Crippen LogP) is 3.04. The van der Waals surface area contributed by atoms with Crippen molar-refractivity contribution in [2.45, 2.75) is 58.3 Å². The first kappa shape index (κ1) is 15.8. The standard InChI is InChI=1S/C13H25F3N2/c1-4-5-11-8-17-12(10(2)3)9-18(11)7-6-13(14,15)16/h10-12,17H,4-9H2,1-3H3. The lowest BCUT2D eigenvalue weighted by atomic mass is 9.97. The van der Waals surface area contributed by atoms with Crippen molar-refractivity contribution in [3.05, 3.63) is 0 Å². The highest BCUT2D eigenvalue weighted by atomic mass is 19.4. The Kier molecular flexibility index (Phi) is 5.92. The van der Waals surface area contributed by atoms with E-state index in [0.717, 1.165) is 25.9 Å². The summed E-state index contributed by atoms with van der Waals surface area (Å²) in [6, 6.07) is 0.568. The summed E-state index contributed by atoms with van der Waals surface area (Å²) in [5.74, 6) is 0.459. The summed E-state index contributed by atoms with van der Waals surface area (Å²) in [5, 5.41) is 3.46. The normalized spacial score (nSPS) is 26.8. The minimum Gasteiger partial charge on any atom is -0.311 e. The predicted molar refractivity (Wildman–Crippen MR) is 67.6 cm³/mol. The van der Waals surface area contributed by atoms with E-state index in [1.165, 1.54) is 0 Å². The van der Waals surface area contributed by atoms with E-state index in [2.05, 4.69) is 26.1 Å². The molecule has 0 radical (unpaired) electrons. The van der Waals surface area contributed by atoms with Crippen LogP contribution in [0.4, 0.5) is 13.2 Å². The van der Waals surface area contributed by atoms with Crippen molar-refractivity contribution >= 4 is 0 Å². The van der Waals surface area contributed by atoms with Gasteiger partial charge in [0.05, 0.1) is 6.42 Å². The molecular formula is C13H25F3N2. The van der Waals surface area contributed by atoms with Gasteiger partial charge in [0.2, 0.25) is 0 Å². The first-order valence-electron chi connectivity index (χ1n) is 6.87. The van der Waals surface area contributed by atoms with Crippen molar-refractivity contribution in [1.29, 1.82) is 0 Å². The third-order valence-electron chi connectivity index (χ3n) is 3.67. The fraction of sp³-hybridized carbons (Fsp3) is 1.00. The van der Waals surface area contributed by atoms with Crippen LogP contribution in [0.1, 0.15) is 40.0 Å². The molecule has 0 spiro atoms. The fourth-order valence-electron chi connectivity index (χ4n) is 2.49. The van der Waals surface area contributed by atoms with Gasteiger partial charge in [-0.3, -0.25) is 4.90 Å². The Labute approximate surface area is 108 Å². The Morgan fingerprint density at radius 2 is 2.00 bits per heavy atom. The van der Waals surface area contributed by atoms with E-state index in [1.54, 1.807) is 0 Å². The molecule has 1 rings (SSSR count). The van der Waals surface area contributed by atoms with E-state index in [0.29, 0.717) is 12.0 Å². The van der Waals surface area contributed by atoms with Gasteiger partial charge in [-0.25, -0.2) is 0 Å². The lowest BCUT2D eigenvalue weighted by molar-refractivity contribution is -0.140. The molecule has 5 heteroatoms. The molecule has 1 aliphatic rings. The average Bonchev–Trinajstić information content (AvgIpc) is 2.26. The van der Waals surface area contributed by atoms with Gasteiger partial charge in [-0.2, -0.15) is 13.2 Å². The number of piperazine rings is 1. The molecule has 2 atom stereocenters. The highest BCUT2D eigenvalue weighted by Crippen LogP contribution is 2.23. The Bertz CT molecular complexity index is 241. The molecule has 1 aliphatic heterocycles. The second-order valence-electron chi connectivity index (χ2n) is 5.56. The topological polar surface area (TPSA) is 15.3 Å². The maximum atomic E-state index is 12.3. The van der Waals surface area contributed by atoms with Crippen molar-refractivity contribution < 1.29 is 13.2 Å². The number of rotatable bonds is 5. The van der Waals surface area contributed by atoms with Gasteiger partial charge in [0.1, 0.15) is 0 Å². The number of halogens is 3. The van der Waals surface area contributed by atoms with Crippen molar-refractivity contribution in [3.8, 4) is 0 Å². The second kappa shape index (κ2) is 6.75. The van der Waals surface area contributed by atoms with Gasteiger partial charge in [-0.05, 0) is 12.3 Å². The van der Waals surface area contributed by atoms with Crippen LogP contribution in [-0.4, -0.2) is 42.8 Å². The summed E-state index contributed by atoms with van der Waals surface area (Å²) >= 11 is 0. The third-order valence-corrected chi connectivity index (χ3v) is 3.67. The SMILES string of the molecule is CCCC1CNC(C(C)C)CN1CCC(F)(F)F. The minimum absolute atomic E-state index is 0.138. The van der Waals surface area contributed by atoms with E-state index in [1.807, 2.05) is 4.90 Å². The van der Waals surface area contributed by atoms with Crippen LogP contribution >= 0.6 is 0 Å². The summed E-state index contributed by atoms with van der Waals surface area (Å²) in [4.78, 5) is 2.03. The molecule has 0 saturated carbocycles. The van der Waals surface area contributed by atoms with Gasteiger partial charge in [-0.1, -0.05) is 27.2 Å². The smallest absolute Gasteiger partial charge is 0.311 e. The maximum Gasteiger partial charge on any atom is 0.390 e. The number of nitrogens with zero attached hydrogens (tertiary/aromatic N) is 1. The molecule has 0 bridgehead atoms. The van der Waals surface area contributed by atoms with E-state index in [-0.39, 0.29) is 12.6 Å². The van der Waals surface area contributed by atoms with Gasteiger partial charge >= 0.3 is 6.18 Å². The lowest BCUT2D eigenvalue weighted by Crippen LogP contribution is -2.58. The lowest BCUT2D eigenvalue weighted by Gasteiger charge is -2.42. The zero-order chi connectivity index (χ0) is 13.8. The zero-order valence-electron chi connectivity index (χ0n) is 11.6.